The Bertz CT molecular complexity index is 701. The number of aromatic amines is 1. The van der Waals surface area contributed by atoms with E-state index in [2.05, 4.69) is 20.1 Å². The zero-order valence-electron chi connectivity index (χ0n) is 9.20. The fraction of sp³-hybridized carbons (Fsp3) is 0. The molecule has 0 saturated heterocycles. The first kappa shape index (κ1) is 10.4. The Kier molecular flexibility index (Phi) is 2.45. The third kappa shape index (κ3) is 1.91. The molecule has 2 heterocycles. The number of nitrogens with zero attached hydrogens (tertiary/aromatic N) is 3. The summed E-state index contributed by atoms with van der Waals surface area (Å²) in [4.78, 5) is 22.6. The minimum Gasteiger partial charge on any atom is -0.357 e. The van der Waals surface area contributed by atoms with Crippen molar-refractivity contribution < 1.29 is 4.52 Å². The minimum atomic E-state index is -0.495. The highest BCUT2D eigenvalue weighted by Crippen LogP contribution is 2.21. The summed E-state index contributed by atoms with van der Waals surface area (Å²) in [5, 5.41) is 2.15. The Morgan fingerprint density at radius 1 is 1.06 bits per heavy atom. The smallest absolute Gasteiger partial charge is 0.357 e. The summed E-state index contributed by atoms with van der Waals surface area (Å²) in [5.41, 5.74) is 2.02. The fourth-order valence-corrected chi connectivity index (χ4v) is 1.60. The minimum absolute atomic E-state index is 0.272. The van der Waals surface area contributed by atoms with Crippen molar-refractivity contribution in [2.75, 3.05) is 0 Å². The van der Waals surface area contributed by atoms with E-state index in [1.165, 1.54) is 6.33 Å². The molecule has 6 nitrogen and oxygen atoms in total. The van der Waals surface area contributed by atoms with E-state index >= 15 is 0 Å². The van der Waals surface area contributed by atoms with Crippen LogP contribution in [-0.4, -0.2) is 20.1 Å². The molecule has 88 valence electrons. The standard InChI is InChI=1S/C12H8N4O2/c17-12-15-11(18-16-12)9-3-1-8(2-4-9)10-5-6-13-7-14-10/h1-7H,(H,16,17). The van der Waals surface area contributed by atoms with Crippen LogP contribution in [0.2, 0.25) is 0 Å². The molecule has 1 aromatic carbocycles. The van der Waals surface area contributed by atoms with Crippen molar-refractivity contribution in [2.24, 2.45) is 0 Å². The maximum atomic E-state index is 10.9. The van der Waals surface area contributed by atoms with Crippen LogP contribution in [0.5, 0.6) is 0 Å². The molecular weight excluding hydrogens is 232 g/mol. The topological polar surface area (TPSA) is 84.7 Å². The lowest BCUT2D eigenvalue weighted by molar-refractivity contribution is 0.424. The van der Waals surface area contributed by atoms with Gasteiger partial charge in [-0.1, -0.05) is 12.1 Å². The fourth-order valence-electron chi connectivity index (χ4n) is 1.60. The first-order valence-corrected chi connectivity index (χ1v) is 5.25. The Morgan fingerprint density at radius 3 is 2.44 bits per heavy atom. The second-order valence-electron chi connectivity index (χ2n) is 3.60. The molecule has 1 N–H and O–H groups in total. The predicted octanol–water partition coefficient (Wildman–Crippen LogP) is 1.49. The van der Waals surface area contributed by atoms with Crippen LogP contribution in [0.25, 0.3) is 22.7 Å². The summed E-state index contributed by atoms with van der Waals surface area (Å²) in [6.45, 7) is 0. The van der Waals surface area contributed by atoms with Crippen LogP contribution in [-0.2, 0) is 0 Å². The van der Waals surface area contributed by atoms with Crippen molar-refractivity contribution >= 4 is 0 Å². The third-order valence-electron chi connectivity index (χ3n) is 2.45. The van der Waals surface area contributed by atoms with Crippen LogP contribution in [0.1, 0.15) is 0 Å². The van der Waals surface area contributed by atoms with Crippen LogP contribution in [0.4, 0.5) is 0 Å². The molecule has 3 rings (SSSR count). The van der Waals surface area contributed by atoms with E-state index in [4.69, 9.17) is 4.52 Å². The molecule has 0 saturated carbocycles. The van der Waals surface area contributed by atoms with Gasteiger partial charge in [-0.15, -0.1) is 0 Å². The number of rotatable bonds is 2. The molecule has 6 heteroatoms. The molecule has 0 bridgehead atoms. The molecule has 2 aromatic heterocycles. The Hall–Kier alpha value is -2.76. The number of H-pyrrole nitrogens is 1. The van der Waals surface area contributed by atoms with Crippen molar-refractivity contribution in [3.63, 3.8) is 0 Å². The first-order valence-electron chi connectivity index (χ1n) is 5.25. The molecule has 0 unspecified atom stereocenters. The van der Waals surface area contributed by atoms with Gasteiger partial charge in [0.05, 0.1) is 5.69 Å². The van der Waals surface area contributed by atoms with Gasteiger partial charge in [-0.3, -0.25) is 0 Å². The molecule has 0 radical (unpaired) electrons. The van der Waals surface area contributed by atoms with E-state index in [0.717, 1.165) is 16.8 Å². The van der Waals surface area contributed by atoms with E-state index in [1.807, 2.05) is 30.3 Å². The summed E-state index contributed by atoms with van der Waals surface area (Å²) in [6, 6.07) is 9.22. The number of benzene rings is 1. The van der Waals surface area contributed by atoms with Crippen molar-refractivity contribution in [3.05, 3.63) is 53.3 Å². The number of hydrogen-bond acceptors (Lipinski definition) is 5. The monoisotopic (exact) mass is 240 g/mol. The quantitative estimate of drug-likeness (QED) is 0.733. The molecule has 0 atom stereocenters. The normalized spacial score (nSPS) is 10.4. The van der Waals surface area contributed by atoms with Gasteiger partial charge in [0, 0.05) is 17.3 Å². The zero-order chi connectivity index (χ0) is 12.4. The molecule has 18 heavy (non-hydrogen) atoms. The molecule has 0 aliphatic carbocycles. The summed E-state index contributed by atoms with van der Waals surface area (Å²) in [5.74, 6) is 0.272. The number of aromatic nitrogens is 4. The largest absolute Gasteiger partial charge is 0.377 e. The molecule has 0 fully saturated rings. The maximum absolute atomic E-state index is 10.9. The lowest BCUT2D eigenvalue weighted by atomic mass is 10.1. The average molecular weight is 240 g/mol. The van der Waals surface area contributed by atoms with Crippen molar-refractivity contribution in [1.82, 2.24) is 20.1 Å². The van der Waals surface area contributed by atoms with Crippen molar-refractivity contribution in [1.29, 1.82) is 0 Å². The highest BCUT2D eigenvalue weighted by molar-refractivity contribution is 5.63. The van der Waals surface area contributed by atoms with Gasteiger partial charge in [-0.2, -0.15) is 10.1 Å². The van der Waals surface area contributed by atoms with Gasteiger partial charge in [0.15, 0.2) is 0 Å². The predicted molar refractivity (Wildman–Crippen MR) is 63.6 cm³/mol. The molecular formula is C12H8N4O2. The second kappa shape index (κ2) is 4.25. The van der Waals surface area contributed by atoms with E-state index < -0.39 is 5.69 Å². The van der Waals surface area contributed by atoms with E-state index in [0.29, 0.717) is 0 Å². The Morgan fingerprint density at radius 2 is 1.83 bits per heavy atom. The van der Waals surface area contributed by atoms with Crippen LogP contribution < -0.4 is 5.69 Å². The highest BCUT2D eigenvalue weighted by Gasteiger charge is 2.05. The lowest BCUT2D eigenvalue weighted by Crippen LogP contribution is -1.99. The van der Waals surface area contributed by atoms with Gasteiger partial charge < -0.3 is 4.52 Å². The molecule has 0 aliphatic heterocycles. The zero-order valence-corrected chi connectivity index (χ0v) is 9.20. The highest BCUT2D eigenvalue weighted by atomic mass is 16.5. The maximum Gasteiger partial charge on any atom is 0.377 e. The van der Waals surface area contributed by atoms with Gasteiger partial charge >= 0.3 is 5.69 Å². The van der Waals surface area contributed by atoms with Gasteiger partial charge in [0.1, 0.15) is 6.33 Å². The third-order valence-corrected chi connectivity index (χ3v) is 2.45. The van der Waals surface area contributed by atoms with Gasteiger partial charge in [-0.25, -0.2) is 14.8 Å². The molecule has 3 aromatic rings. The van der Waals surface area contributed by atoms with Gasteiger partial charge in [0.25, 0.3) is 5.89 Å². The average Bonchev–Trinajstić information content (AvgIpc) is 2.87. The summed E-state index contributed by atoms with van der Waals surface area (Å²) < 4.78 is 4.92. The van der Waals surface area contributed by atoms with Gasteiger partial charge in [-0.05, 0) is 18.2 Å². The van der Waals surface area contributed by atoms with Crippen molar-refractivity contribution in [2.45, 2.75) is 0 Å². The lowest BCUT2D eigenvalue weighted by Gasteiger charge is -2.00. The van der Waals surface area contributed by atoms with Gasteiger partial charge in [0.2, 0.25) is 0 Å². The van der Waals surface area contributed by atoms with Crippen LogP contribution in [0.3, 0.4) is 0 Å². The second-order valence-corrected chi connectivity index (χ2v) is 3.60. The first-order chi connectivity index (χ1) is 8.83. The molecule has 0 amide bonds. The van der Waals surface area contributed by atoms with Crippen LogP contribution in [0, 0.1) is 0 Å². The summed E-state index contributed by atoms with van der Waals surface area (Å²) >= 11 is 0. The molecule has 0 aliphatic rings. The SMILES string of the molecule is O=c1nc(-c2ccc(-c3ccncn3)cc2)o[nH]1. The summed E-state index contributed by atoms with van der Waals surface area (Å²) in [7, 11) is 0. The van der Waals surface area contributed by atoms with Crippen LogP contribution in [0.15, 0.2) is 52.2 Å². The Labute approximate surface area is 101 Å². The van der Waals surface area contributed by atoms with E-state index in [-0.39, 0.29) is 5.89 Å². The molecule has 0 spiro atoms. The van der Waals surface area contributed by atoms with Crippen molar-refractivity contribution in [3.8, 4) is 22.7 Å². The number of nitrogens with one attached hydrogen (secondary N) is 1. The Balaban J connectivity index is 1.97. The number of hydrogen-bond donors (Lipinski definition) is 1. The van der Waals surface area contributed by atoms with Crippen LogP contribution >= 0.6 is 0 Å². The van der Waals surface area contributed by atoms with E-state index in [9.17, 15) is 4.79 Å². The summed E-state index contributed by atoms with van der Waals surface area (Å²) in [6.07, 6.45) is 3.18. The van der Waals surface area contributed by atoms with E-state index in [1.54, 1.807) is 6.20 Å².